The van der Waals surface area contributed by atoms with E-state index >= 15 is 0 Å². The number of unbranched alkanes of at least 4 members (excludes halogenated alkanes) is 3. The van der Waals surface area contributed by atoms with E-state index in [4.69, 9.17) is 9.84 Å². The molecule has 0 amide bonds. The highest BCUT2D eigenvalue weighted by atomic mass is 16.6. The van der Waals surface area contributed by atoms with Crippen molar-refractivity contribution in [3.05, 3.63) is 60.8 Å². The summed E-state index contributed by atoms with van der Waals surface area (Å²) in [6.07, 6.45) is 29.1. The molecule has 1 aliphatic rings. The molecule has 0 aliphatic carbocycles. The predicted octanol–water partition coefficient (Wildman–Crippen LogP) is 5.76. The molecule has 3 nitrogen and oxygen atoms in total. The largest absolute Gasteiger partial charge is 0.481 e. The molecule has 1 aliphatic heterocycles. The first kappa shape index (κ1) is 21.2. The molecule has 1 saturated heterocycles. The zero-order chi connectivity index (χ0) is 18.2. The van der Waals surface area contributed by atoms with Gasteiger partial charge in [-0.2, -0.15) is 0 Å². The van der Waals surface area contributed by atoms with Crippen molar-refractivity contribution in [1.82, 2.24) is 0 Å². The number of allylic oxidation sites excluding steroid dienone is 9. The Kier molecular flexibility index (Phi) is 12.3. The number of epoxide rings is 1. The fourth-order valence-electron chi connectivity index (χ4n) is 2.39. The van der Waals surface area contributed by atoms with Crippen molar-refractivity contribution in [1.29, 1.82) is 0 Å². The maximum Gasteiger partial charge on any atom is 0.303 e. The highest BCUT2D eigenvalue weighted by Crippen LogP contribution is 2.25. The molecule has 1 heterocycles. The molecule has 0 spiro atoms. The van der Waals surface area contributed by atoms with Crippen molar-refractivity contribution in [3.63, 3.8) is 0 Å². The van der Waals surface area contributed by atoms with E-state index in [-0.39, 0.29) is 0 Å². The van der Waals surface area contributed by atoms with Crippen LogP contribution in [0.15, 0.2) is 60.8 Å². The number of hydrogen-bond donors (Lipinski definition) is 1. The molecular formula is C22H32O3. The van der Waals surface area contributed by atoms with Gasteiger partial charge in [-0.1, -0.05) is 74.1 Å². The van der Waals surface area contributed by atoms with Gasteiger partial charge in [-0.25, -0.2) is 0 Å². The summed E-state index contributed by atoms with van der Waals surface area (Å²) in [4.78, 5) is 10.4. The maximum absolute atomic E-state index is 10.4. The molecule has 0 aromatic carbocycles. The fourth-order valence-corrected chi connectivity index (χ4v) is 2.39. The zero-order valence-corrected chi connectivity index (χ0v) is 15.3. The third kappa shape index (κ3) is 13.1. The van der Waals surface area contributed by atoms with E-state index < -0.39 is 5.97 Å². The number of ether oxygens (including phenoxy) is 1. The molecule has 2 atom stereocenters. The van der Waals surface area contributed by atoms with Gasteiger partial charge in [-0.3, -0.25) is 4.79 Å². The third-order valence-electron chi connectivity index (χ3n) is 3.93. The molecule has 3 heteroatoms. The van der Waals surface area contributed by atoms with Gasteiger partial charge in [0.15, 0.2) is 0 Å². The van der Waals surface area contributed by atoms with Crippen LogP contribution >= 0.6 is 0 Å². The molecule has 138 valence electrons. The Bertz CT molecular complexity index is 497. The summed E-state index contributed by atoms with van der Waals surface area (Å²) in [5, 5.41) is 8.53. The Morgan fingerprint density at radius 1 is 0.920 bits per heavy atom. The number of hydrogen-bond acceptors (Lipinski definition) is 2. The molecule has 1 N–H and O–H groups in total. The predicted molar refractivity (Wildman–Crippen MR) is 105 cm³/mol. The molecule has 1 fully saturated rings. The lowest BCUT2D eigenvalue weighted by atomic mass is 10.1. The van der Waals surface area contributed by atoms with Crippen LogP contribution in [0.3, 0.4) is 0 Å². The molecule has 0 radical (unpaired) electrons. The second kappa shape index (κ2) is 14.5. The van der Waals surface area contributed by atoms with Crippen molar-refractivity contribution >= 4 is 5.97 Å². The normalized spacial score (nSPS) is 20.8. The smallest absolute Gasteiger partial charge is 0.303 e. The number of carboxylic acids is 1. The topological polar surface area (TPSA) is 49.8 Å². The highest BCUT2D eigenvalue weighted by Gasteiger charge is 2.33. The zero-order valence-electron chi connectivity index (χ0n) is 15.3. The van der Waals surface area contributed by atoms with Crippen LogP contribution < -0.4 is 0 Å². The average molecular weight is 344 g/mol. The minimum Gasteiger partial charge on any atom is -0.481 e. The van der Waals surface area contributed by atoms with Crippen molar-refractivity contribution in [2.45, 2.75) is 70.5 Å². The molecule has 25 heavy (non-hydrogen) atoms. The van der Waals surface area contributed by atoms with Crippen LogP contribution in [0.5, 0.6) is 0 Å². The molecule has 0 bridgehead atoms. The van der Waals surface area contributed by atoms with E-state index in [1.807, 2.05) is 18.2 Å². The molecule has 0 aromatic heterocycles. The van der Waals surface area contributed by atoms with Crippen molar-refractivity contribution < 1.29 is 14.6 Å². The first-order valence-electron chi connectivity index (χ1n) is 9.41. The Morgan fingerprint density at radius 2 is 1.64 bits per heavy atom. The Hall–Kier alpha value is -1.87. The van der Waals surface area contributed by atoms with E-state index in [9.17, 15) is 4.79 Å². The van der Waals surface area contributed by atoms with Gasteiger partial charge in [-0.15, -0.1) is 0 Å². The van der Waals surface area contributed by atoms with Crippen LogP contribution in [0, 0.1) is 0 Å². The number of carbonyl (C=O) groups is 1. The van der Waals surface area contributed by atoms with Crippen molar-refractivity contribution in [3.8, 4) is 0 Å². The van der Waals surface area contributed by atoms with Crippen LogP contribution in [0.4, 0.5) is 0 Å². The summed E-state index contributed by atoms with van der Waals surface area (Å²) >= 11 is 0. The van der Waals surface area contributed by atoms with Crippen LogP contribution in [0.1, 0.15) is 58.3 Å². The Morgan fingerprint density at radius 3 is 2.36 bits per heavy atom. The van der Waals surface area contributed by atoms with Crippen LogP contribution in [-0.2, 0) is 9.53 Å². The molecule has 2 unspecified atom stereocenters. The van der Waals surface area contributed by atoms with Gasteiger partial charge < -0.3 is 9.84 Å². The molecule has 1 rings (SSSR count). The summed E-state index contributed by atoms with van der Waals surface area (Å²) in [6.45, 7) is 2.14. The lowest BCUT2D eigenvalue weighted by Gasteiger charge is -1.94. The number of rotatable bonds is 14. The van der Waals surface area contributed by atoms with Gasteiger partial charge in [-0.05, 0) is 38.5 Å². The SMILES string of the molecule is CCC1OC1/C=C/C=C/C=C\C/C=C\C/C=C\CCCCCC(=O)O. The lowest BCUT2D eigenvalue weighted by molar-refractivity contribution is -0.137. The summed E-state index contributed by atoms with van der Waals surface area (Å²) in [6, 6.07) is 0. The summed E-state index contributed by atoms with van der Waals surface area (Å²) in [5.41, 5.74) is 0. The van der Waals surface area contributed by atoms with Crippen molar-refractivity contribution in [2.24, 2.45) is 0 Å². The quantitative estimate of drug-likeness (QED) is 0.189. The number of aliphatic carboxylic acids is 1. The first-order valence-corrected chi connectivity index (χ1v) is 9.41. The minimum atomic E-state index is -0.695. The monoisotopic (exact) mass is 344 g/mol. The average Bonchev–Trinajstić information content (AvgIpc) is 3.36. The summed E-state index contributed by atoms with van der Waals surface area (Å²) in [7, 11) is 0. The molecule has 0 aromatic rings. The second-order valence-electron chi connectivity index (χ2n) is 6.15. The van der Waals surface area contributed by atoms with Gasteiger partial charge in [0, 0.05) is 6.42 Å². The van der Waals surface area contributed by atoms with Gasteiger partial charge in [0.25, 0.3) is 0 Å². The van der Waals surface area contributed by atoms with E-state index in [1.165, 1.54) is 0 Å². The first-order chi connectivity index (χ1) is 12.2. The van der Waals surface area contributed by atoms with E-state index in [2.05, 4.69) is 49.5 Å². The van der Waals surface area contributed by atoms with Crippen molar-refractivity contribution in [2.75, 3.05) is 0 Å². The summed E-state index contributed by atoms with van der Waals surface area (Å²) in [5.74, 6) is -0.695. The van der Waals surface area contributed by atoms with Crippen LogP contribution in [-0.4, -0.2) is 23.3 Å². The molecule has 0 saturated carbocycles. The van der Waals surface area contributed by atoms with Gasteiger partial charge in [0.1, 0.15) is 6.10 Å². The Labute approximate surface area is 152 Å². The maximum atomic E-state index is 10.4. The molecular weight excluding hydrogens is 312 g/mol. The standard InChI is InChI=1S/C22H32O3/c1-2-20-21(25-20)18-16-14-12-10-8-6-4-3-5-7-9-11-13-15-17-19-22(23)24/h3-4,7-10,12,14,16,18,20-21H,2,5-6,11,13,15,17,19H2,1H3,(H,23,24)/b4-3-,9-7-,10-8-,14-12+,18-16+. The van der Waals surface area contributed by atoms with Crippen LogP contribution in [0.25, 0.3) is 0 Å². The van der Waals surface area contributed by atoms with E-state index in [1.54, 1.807) is 0 Å². The Balaban J connectivity index is 1.92. The van der Waals surface area contributed by atoms with E-state index in [0.29, 0.717) is 18.6 Å². The van der Waals surface area contributed by atoms with Gasteiger partial charge in [0.05, 0.1) is 6.10 Å². The fraction of sp³-hybridized carbons (Fsp3) is 0.500. The summed E-state index contributed by atoms with van der Waals surface area (Å²) < 4.78 is 5.42. The lowest BCUT2D eigenvalue weighted by Crippen LogP contribution is -1.93. The highest BCUT2D eigenvalue weighted by molar-refractivity contribution is 5.66. The minimum absolute atomic E-state index is 0.291. The van der Waals surface area contributed by atoms with Gasteiger partial charge in [0.2, 0.25) is 0 Å². The van der Waals surface area contributed by atoms with Gasteiger partial charge >= 0.3 is 5.97 Å². The second-order valence-corrected chi connectivity index (χ2v) is 6.15. The number of carboxylic acid groups (broad SMARTS) is 1. The third-order valence-corrected chi connectivity index (χ3v) is 3.93. The van der Waals surface area contributed by atoms with E-state index in [0.717, 1.165) is 44.9 Å². The van der Waals surface area contributed by atoms with Crippen LogP contribution in [0.2, 0.25) is 0 Å².